The molecule has 0 saturated carbocycles. The first kappa shape index (κ1) is 12.1. The first-order valence-corrected chi connectivity index (χ1v) is 6.40. The molecule has 0 spiro atoms. The van der Waals surface area contributed by atoms with Gasteiger partial charge in [-0.05, 0) is 50.3 Å². The zero-order valence-corrected chi connectivity index (χ0v) is 10.7. The van der Waals surface area contributed by atoms with Crippen LogP contribution in [0, 0.1) is 11.3 Å². The Kier molecular flexibility index (Phi) is 3.81. The summed E-state index contributed by atoms with van der Waals surface area (Å²) in [5.41, 5.74) is 3.00. The Hall–Kier alpha value is -1.33. The second-order valence-electron chi connectivity index (χ2n) is 5.03. The second-order valence-corrected chi connectivity index (χ2v) is 5.03. The third-order valence-electron chi connectivity index (χ3n) is 3.85. The molecule has 2 heteroatoms. The molecule has 0 saturated heterocycles. The van der Waals surface area contributed by atoms with Crippen LogP contribution in [0.25, 0.3) is 0 Å². The maximum absolute atomic E-state index is 8.94. The molecule has 1 aromatic rings. The fourth-order valence-electron chi connectivity index (χ4n) is 2.65. The fraction of sp³-hybridized carbons (Fsp3) is 0.533. The molecule has 2 rings (SSSR count). The molecule has 0 N–H and O–H groups in total. The number of aryl methyl sites for hydroxylation is 1. The van der Waals surface area contributed by atoms with Crippen molar-refractivity contribution >= 4 is 0 Å². The van der Waals surface area contributed by atoms with E-state index in [0.717, 1.165) is 6.54 Å². The number of fused-ring (bicyclic) bond motifs is 1. The predicted molar refractivity (Wildman–Crippen MR) is 69.8 cm³/mol. The topological polar surface area (TPSA) is 27.0 Å². The summed E-state index contributed by atoms with van der Waals surface area (Å²) < 4.78 is 0. The molecule has 0 heterocycles. The van der Waals surface area contributed by atoms with Gasteiger partial charge in [-0.15, -0.1) is 0 Å². The highest BCUT2D eigenvalue weighted by molar-refractivity contribution is 5.32. The van der Waals surface area contributed by atoms with Gasteiger partial charge in [0, 0.05) is 6.54 Å². The molecule has 90 valence electrons. The molecule has 1 aliphatic carbocycles. The van der Waals surface area contributed by atoms with Crippen LogP contribution >= 0.6 is 0 Å². The molecule has 0 radical (unpaired) electrons. The van der Waals surface area contributed by atoms with E-state index in [1.165, 1.54) is 30.4 Å². The highest BCUT2D eigenvalue weighted by Crippen LogP contribution is 2.32. The number of likely N-dealkylation sites (N-methyl/N-ethyl adjacent to an activating group) is 1. The first-order chi connectivity index (χ1) is 8.22. The van der Waals surface area contributed by atoms with Gasteiger partial charge in [-0.25, -0.2) is 0 Å². The van der Waals surface area contributed by atoms with Crippen LogP contribution in [-0.4, -0.2) is 24.5 Å². The van der Waals surface area contributed by atoms with Crippen LogP contribution in [0.15, 0.2) is 24.3 Å². The average Bonchev–Trinajstić information content (AvgIpc) is 2.38. The van der Waals surface area contributed by atoms with Gasteiger partial charge < -0.3 is 0 Å². The van der Waals surface area contributed by atoms with Crippen molar-refractivity contribution in [1.82, 2.24) is 4.90 Å². The minimum absolute atomic E-state index is 0.00379. The van der Waals surface area contributed by atoms with Crippen molar-refractivity contribution in [3.8, 4) is 6.07 Å². The van der Waals surface area contributed by atoms with Crippen molar-refractivity contribution in [2.75, 3.05) is 13.6 Å². The van der Waals surface area contributed by atoms with Crippen LogP contribution in [0.2, 0.25) is 0 Å². The van der Waals surface area contributed by atoms with Crippen molar-refractivity contribution in [2.24, 2.45) is 0 Å². The number of nitriles is 1. The van der Waals surface area contributed by atoms with Crippen LogP contribution in [0.1, 0.15) is 36.8 Å². The number of nitrogens with zero attached hydrogens (tertiary/aromatic N) is 2. The highest BCUT2D eigenvalue weighted by atomic mass is 15.1. The largest absolute Gasteiger partial charge is 0.291 e. The monoisotopic (exact) mass is 228 g/mol. The summed E-state index contributed by atoms with van der Waals surface area (Å²) in [5.74, 6) is 0.598. The SMILES string of the molecule is CC(C#N)N(C)CC1CCCc2ccccc21. The highest BCUT2D eigenvalue weighted by Gasteiger charge is 2.22. The van der Waals surface area contributed by atoms with Gasteiger partial charge in [-0.3, -0.25) is 4.90 Å². The van der Waals surface area contributed by atoms with Crippen LogP contribution in [-0.2, 0) is 6.42 Å². The van der Waals surface area contributed by atoms with Crippen LogP contribution in [0.3, 0.4) is 0 Å². The normalized spacial score (nSPS) is 20.7. The lowest BCUT2D eigenvalue weighted by atomic mass is 9.82. The van der Waals surface area contributed by atoms with Crippen molar-refractivity contribution < 1.29 is 0 Å². The van der Waals surface area contributed by atoms with E-state index in [0.29, 0.717) is 5.92 Å². The molecule has 17 heavy (non-hydrogen) atoms. The molecule has 0 fully saturated rings. The molecular weight excluding hydrogens is 208 g/mol. The summed E-state index contributed by atoms with van der Waals surface area (Å²) in [6, 6.07) is 11.1. The van der Waals surface area contributed by atoms with E-state index in [2.05, 4.69) is 35.2 Å². The van der Waals surface area contributed by atoms with Gasteiger partial charge in [0.15, 0.2) is 0 Å². The third-order valence-corrected chi connectivity index (χ3v) is 3.85. The summed E-state index contributed by atoms with van der Waals surface area (Å²) in [5, 5.41) is 8.94. The zero-order valence-electron chi connectivity index (χ0n) is 10.7. The maximum Gasteiger partial charge on any atom is 0.0947 e. The van der Waals surface area contributed by atoms with Gasteiger partial charge in [0.1, 0.15) is 0 Å². The Bertz CT molecular complexity index is 419. The van der Waals surface area contributed by atoms with E-state index >= 15 is 0 Å². The molecule has 0 aliphatic heterocycles. The summed E-state index contributed by atoms with van der Waals surface area (Å²) in [4.78, 5) is 2.16. The third kappa shape index (κ3) is 2.68. The summed E-state index contributed by atoms with van der Waals surface area (Å²) >= 11 is 0. The molecule has 1 aliphatic rings. The molecule has 0 amide bonds. The van der Waals surface area contributed by atoms with Crippen LogP contribution in [0.4, 0.5) is 0 Å². The Morgan fingerprint density at radius 3 is 3.00 bits per heavy atom. The standard InChI is InChI=1S/C15H20N2/c1-12(10-16)17(2)11-14-8-5-7-13-6-3-4-9-15(13)14/h3-4,6,9,12,14H,5,7-8,11H2,1-2H3. The van der Waals surface area contributed by atoms with Gasteiger partial charge >= 0.3 is 0 Å². The Morgan fingerprint density at radius 2 is 2.24 bits per heavy atom. The quantitative estimate of drug-likeness (QED) is 0.795. The Morgan fingerprint density at radius 1 is 1.47 bits per heavy atom. The number of benzene rings is 1. The summed E-state index contributed by atoms with van der Waals surface area (Å²) in [7, 11) is 2.05. The lowest BCUT2D eigenvalue weighted by Gasteiger charge is -2.30. The van der Waals surface area contributed by atoms with E-state index in [9.17, 15) is 0 Å². The molecule has 0 aromatic heterocycles. The van der Waals surface area contributed by atoms with Crippen molar-refractivity contribution in [3.63, 3.8) is 0 Å². The van der Waals surface area contributed by atoms with E-state index in [1.54, 1.807) is 0 Å². The molecular formula is C15H20N2. The molecule has 0 bridgehead atoms. The molecule has 1 aromatic carbocycles. The van der Waals surface area contributed by atoms with E-state index in [-0.39, 0.29) is 6.04 Å². The summed E-state index contributed by atoms with van der Waals surface area (Å²) in [6.07, 6.45) is 3.74. The van der Waals surface area contributed by atoms with Gasteiger partial charge in [0.05, 0.1) is 12.1 Å². The molecule has 2 atom stereocenters. The number of hydrogen-bond donors (Lipinski definition) is 0. The van der Waals surface area contributed by atoms with E-state index < -0.39 is 0 Å². The zero-order chi connectivity index (χ0) is 12.3. The average molecular weight is 228 g/mol. The first-order valence-electron chi connectivity index (χ1n) is 6.40. The fourth-order valence-corrected chi connectivity index (χ4v) is 2.65. The molecule has 2 unspecified atom stereocenters. The van der Waals surface area contributed by atoms with Crippen molar-refractivity contribution in [2.45, 2.75) is 38.1 Å². The molecule has 2 nitrogen and oxygen atoms in total. The van der Waals surface area contributed by atoms with E-state index in [1.807, 2.05) is 14.0 Å². The minimum atomic E-state index is 0.00379. The van der Waals surface area contributed by atoms with Gasteiger partial charge in [-0.2, -0.15) is 5.26 Å². The second kappa shape index (κ2) is 5.33. The lowest BCUT2D eigenvalue weighted by molar-refractivity contribution is 0.271. The van der Waals surface area contributed by atoms with Crippen molar-refractivity contribution in [3.05, 3.63) is 35.4 Å². The van der Waals surface area contributed by atoms with Gasteiger partial charge in [-0.1, -0.05) is 24.3 Å². The van der Waals surface area contributed by atoms with Crippen molar-refractivity contribution in [1.29, 1.82) is 5.26 Å². The lowest BCUT2D eigenvalue weighted by Crippen LogP contribution is -2.33. The van der Waals surface area contributed by atoms with Crippen LogP contribution < -0.4 is 0 Å². The number of hydrogen-bond acceptors (Lipinski definition) is 2. The predicted octanol–water partition coefficient (Wildman–Crippen LogP) is 2.95. The van der Waals surface area contributed by atoms with Gasteiger partial charge in [0.25, 0.3) is 0 Å². The van der Waals surface area contributed by atoms with E-state index in [4.69, 9.17) is 5.26 Å². The Labute approximate surface area is 104 Å². The summed E-state index contributed by atoms with van der Waals surface area (Å²) in [6.45, 7) is 2.96. The Balaban J connectivity index is 2.11. The van der Waals surface area contributed by atoms with Gasteiger partial charge in [0.2, 0.25) is 0 Å². The minimum Gasteiger partial charge on any atom is -0.291 e. The smallest absolute Gasteiger partial charge is 0.0947 e. The van der Waals surface area contributed by atoms with Crippen LogP contribution in [0.5, 0.6) is 0 Å². The maximum atomic E-state index is 8.94. The number of rotatable bonds is 3.